The van der Waals surface area contributed by atoms with Crippen molar-refractivity contribution in [3.63, 3.8) is 0 Å². The van der Waals surface area contributed by atoms with E-state index in [-0.39, 0.29) is 53.3 Å². The van der Waals surface area contributed by atoms with Crippen molar-refractivity contribution in [2.75, 3.05) is 26.2 Å². The van der Waals surface area contributed by atoms with Crippen LogP contribution in [0, 0.1) is 0 Å². The van der Waals surface area contributed by atoms with Crippen LogP contribution in [0.25, 0.3) is 6.08 Å². The third-order valence-electron chi connectivity index (χ3n) is 7.68. The number of ether oxygens (including phenoxy) is 3. The Morgan fingerprint density at radius 3 is 2.40 bits per heavy atom. The SMILES string of the molecule is O=C1CCCCCNCCCNC(=O)/C=C/c2ccc(O)c(c2)Oc2cc(O[C@@H]3O[C@H](CO)[C@@H](O)[C@H](O)[C@H]3O)c(O)cc2CC1. The molecule has 2 bridgehead atoms. The first-order chi connectivity index (χ1) is 21.7. The van der Waals surface area contributed by atoms with E-state index < -0.39 is 37.3 Å². The highest BCUT2D eigenvalue weighted by Gasteiger charge is 2.45. The van der Waals surface area contributed by atoms with E-state index in [0.29, 0.717) is 24.1 Å². The minimum absolute atomic E-state index is 0.0165. The highest BCUT2D eigenvalue weighted by Crippen LogP contribution is 2.41. The van der Waals surface area contributed by atoms with Crippen molar-refractivity contribution in [2.24, 2.45) is 0 Å². The number of fused-ring (bicyclic) bond motifs is 3. The maximum Gasteiger partial charge on any atom is 0.243 e. The summed E-state index contributed by atoms with van der Waals surface area (Å²) in [6.45, 7) is 1.43. The van der Waals surface area contributed by atoms with Gasteiger partial charge in [0.1, 0.15) is 35.9 Å². The van der Waals surface area contributed by atoms with Crippen molar-refractivity contribution < 1.29 is 54.4 Å². The van der Waals surface area contributed by atoms with E-state index in [1.165, 1.54) is 30.3 Å². The molecule has 2 aliphatic heterocycles. The topological polar surface area (TPSA) is 207 Å². The van der Waals surface area contributed by atoms with Crippen LogP contribution >= 0.6 is 0 Å². The average Bonchev–Trinajstić information content (AvgIpc) is 3.02. The standard InChI is InChI=1S/C32H42N2O11/c35-18-27-29(40)30(41)31(42)32(45-27)44-26-17-24-20(16-23(26)38)8-9-21(36)5-2-1-3-12-33-13-4-14-34-28(39)11-7-19-6-10-22(37)25(15-19)43-24/h6-7,10-11,15-17,27,29-33,35,37-38,40-42H,1-5,8-9,12-14,18H2,(H,34,39)/b11-7+/t27-,29-,30+,31-,32-/m1/s1. The molecule has 4 rings (SSSR count). The van der Waals surface area contributed by atoms with Crippen molar-refractivity contribution in [3.8, 4) is 28.7 Å². The van der Waals surface area contributed by atoms with Crippen molar-refractivity contribution in [1.29, 1.82) is 0 Å². The number of phenolic OH excluding ortho intramolecular Hbond substituents is 2. The number of aliphatic hydroxyl groups is 4. The summed E-state index contributed by atoms with van der Waals surface area (Å²) in [5, 5.41) is 67.7. The first-order valence-electron chi connectivity index (χ1n) is 15.2. The summed E-state index contributed by atoms with van der Waals surface area (Å²) in [5.74, 6) is -0.930. The lowest BCUT2D eigenvalue weighted by Crippen LogP contribution is -2.60. The molecule has 13 heteroatoms. The van der Waals surface area contributed by atoms with Gasteiger partial charge in [0.15, 0.2) is 23.0 Å². The number of rotatable bonds is 3. The highest BCUT2D eigenvalue weighted by molar-refractivity contribution is 5.91. The second kappa shape index (κ2) is 16.5. The molecular weight excluding hydrogens is 588 g/mol. The Morgan fingerprint density at radius 1 is 0.800 bits per heavy atom. The summed E-state index contributed by atoms with van der Waals surface area (Å²) < 4.78 is 17.1. The third-order valence-corrected chi connectivity index (χ3v) is 7.68. The first kappa shape index (κ1) is 34.2. The number of phenols is 2. The number of benzene rings is 2. The molecule has 8 N–H and O–H groups in total. The van der Waals surface area contributed by atoms with E-state index in [1.807, 2.05) is 0 Å². The Morgan fingerprint density at radius 2 is 1.60 bits per heavy atom. The fourth-order valence-corrected chi connectivity index (χ4v) is 5.03. The van der Waals surface area contributed by atoms with Gasteiger partial charge < -0.3 is 55.5 Å². The van der Waals surface area contributed by atoms with Crippen LogP contribution in [0.5, 0.6) is 28.7 Å². The van der Waals surface area contributed by atoms with Crippen LogP contribution in [0.1, 0.15) is 49.7 Å². The number of amides is 1. The summed E-state index contributed by atoms with van der Waals surface area (Å²) in [5.41, 5.74) is 0.975. The molecule has 45 heavy (non-hydrogen) atoms. The number of aromatic hydroxyl groups is 2. The molecular formula is C32H42N2O11. The van der Waals surface area contributed by atoms with Crippen LogP contribution in [0.4, 0.5) is 0 Å². The summed E-state index contributed by atoms with van der Waals surface area (Å²) in [7, 11) is 0. The second-order valence-electron chi connectivity index (χ2n) is 11.1. The molecule has 13 nitrogen and oxygen atoms in total. The fourth-order valence-electron chi connectivity index (χ4n) is 5.03. The van der Waals surface area contributed by atoms with E-state index in [4.69, 9.17) is 14.2 Å². The molecule has 1 fully saturated rings. The van der Waals surface area contributed by atoms with Gasteiger partial charge in [-0.25, -0.2) is 0 Å². The lowest BCUT2D eigenvalue weighted by molar-refractivity contribution is -0.277. The molecule has 0 unspecified atom stereocenters. The Labute approximate surface area is 261 Å². The number of aryl methyl sites for hydroxylation is 1. The third kappa shape index (κ3) is 9.63. The number of aliphatic hydroxyl groups excluding tert-OH is 4. The van der Waals surface area contributed by atoms with Gasteiger partial charge in [-0.1, -0.05) is 12.5 Å². The van der Waals surface area contributed by atoms with Gasteiger partial charge in [-0.3, -0.25) is 9.59 Å². The maximum atomic E-state index is 12.7. The molecule has 0 aliphatic carbocycles. The Balaban J connectivity index is 1.63. The molecule has 1 saturated heterocycles. The number of ketones is 1. The Kier molecular flexibility index (Phi) is 12.6. The van der Waals surface area contributed by atoms with Crippen molar-refractivity contribution in [3.05, 3.63) is 47.5 Å². The van der Waals surface area contributed by atoms with Crippen molar-refractivity contribution in [1.82, 2.24) is 10.6 Å². The monoisotopic (exact) mass is 630 g/mol. The quantitative estimate of drug-likeness (QED) is 0.241. The molecule has 2 heterocycles. The largest absolute Gasteiger partial charge is 0.504 e. The van der Waals surface area contributed by atoms with E-state index in [0.717, 1.165) is 38.8 Å². The second-order valence-corrected chi connectivity index (χ2v) is 11.1. The maximum absolute atomic E-state index is 12.7. The average molecular weight is 631 g/mol. The van der Waals surface area contributed by atoms with Crippen LogP contribution in [-0.2, 0) is 20.7 Å². The smallest absolute Gasteiger partial charge is 0.243 e. The number of carbonyl (C=O) groups excluding carboxylic acids is 2. The molecule has 2 aromatic rings. The zero-order valence-corrected chi connectivity index (χ0v) is 24.9. The molecule has 1 amide bonds. The fraction of sp³-hybridized carbons (Fsp3) is 0.500. The van der Waals surface area contributed by atoms with E-state index in [1.54, 1.807) is 12.1 Å². The molecule has 0 aromatic heterocycles. The van der Waals surface area contributed by atoms with Gasteiger partial charge in [0.25, 0.3) is 0 Å². The van der Waals surface area contributed by atoms with Crippen LogP contribution in [-0.4, -0.2) is 99.3 Å². The number of Topliss-reactive ketones (excluding diaryl/α,β-unsaturated/α-hetero) is 1. The van der Waals surface area contributed by atoms with Crippen LogP contribution in [0.15, 0.2) is 36.4 Å². The molecule has 2 aliphatic rings. The summed E-state index contributed by atoms with van der Waals surface area (Å²) in [6, 6.07) is 7.12. The highest BCUT2D eigenvalue weighted by atomic mass is 16.7. The van der Waals surface area contributed by atoms with Crippen molar-refractivity contribution in [2.45, 2.75) is 75.7 Å². The number of hydrogen-bond donors (Lipinski definition) is 8. The number of hydrogen-bond acceptors (Lipinski definition) is 12. The van der Waals surface area contributed by atoms with Crippen LogP contribution < -0.4 is 20.1 Å². The van der Waals surface area contributed by atoms with Crippen molar-refractivity contribution >= 4 is 17.8 Å². The predicted molar refractivity (Wildman–Crippen MR) is 162 cm³/mol. The van der Waals surface area contributed by atoms with E-state index >= 15 is 0 Å². The minimum atomic E-state index is -1.72. The summed E-state index contributed by atoms with van der Waals surface area (Å²) in [6.07, 6.45) is -0.790. The van der Waals surface area contributed by atoms with Gasteiger partial charge >= 0.3 is 0 Å². The molecule has 246 valence electrons. The first-order valence-corrected chi connectivity index (χ1v) is 15.2. The summed E-state index contributed by atoms with van der Waals surface area (Å²) in [4.78, 5) is 25.0. The number of nitrogens with one attached hydrogen (secondary N) is 2. The van der Waals surface area contributed by atoms with E-state index in [9.17, 15) is 40.2 Å². The van der Waals surface area contributed by atoms with E-state index in [2.05, 4.69) is 10.6 Å². The van der Waals surface area contributed by atoms with Gasteiger partial charge in [0.05, 0.1) is 6.61 Å². The van der Waals surface area contributed by atoms with Gasteiger partial charge in [0, 0.05) is 31.5 Å². The number of carbonyl (C=O) groups is 2. The molecule has 0 spiro atoms. The Bertz CT molecular complexity index is 1330. The predicted octanol–water partition coefficient (Wildman–Crippen LogP) is 1.25. The molecule has 0 saturated carbocycles. The van der Waals surface area contributed by atoms with Gasteiger partial charge in [-0.15, -0.1) is 0 Å². The van der Waals surface area contributed by atoms with Gasteiger partial charge in [0.2, 0.25) is 12.2 Å². The summed E-state index contributed by atoms with van der Waals surface area (Å²) >= 11 is 0. The van der Waals surface area contributed by atoms with Gasteiger partial charge in [-0.05, 0) is 74.2 Å². The molecule has 5 atom stereocenters. The minimum Gasteiger partial charge on any atom is -0.504 e. The normalized spacial score (nSPS) is 26.7. The van der Waals surface area contributed by atoms with Gasteiger partial charge in [-0.2, -0.15) is 0 Å². The van der Waals surface area contributed by atoms with Crippen LogP contribution in [0.2, 0.25) is 0 Å². The molecule has 2 aromatic carbocycles. The Hall–Kier alpha value is -3.72. The molecule has 0 radical (unpaired) electrons. The lowest BCUT2D eigenvalue weighted by atomic mass is 9.99. The zero-order valence-electron chi connectivity index (χ0n) is 24.9. The van der Waals surface area contributed by atoms with Crippen LogP contribution in [0.3, 0.4) is 0 Å². The lowest BCUT2D eigenvalue weighted by Gasteiger charge is -2.39. The zero-order chi connectivity index (χ0) is 32.3.